The fourth-order valence-electron chi connectivity index (χ4n) is 2.88. The van der Waals surface area contributed by atoms with Crippen LogP contribution in [0.1, 0.15) is 32.8 Å². The van der Waals surface area contributed by atoms with E-state index in [-0.39, 0.29) is 26.3 Å². The number of halogens is 2. The highest BCUT2D eigenvalue weighted by Gasteiger charge is 2.58. The van der Waals surface area contributed by atoms with Crippen LogP contribution in [-0.4, -0.2) is 59.6 Å². The molecule has 1 amide bonds. The second-order valence-corrected chi connectivity index (χ2v) is 7.82. The molecule has 2 rings (SSSR count). The van der Waals surface area contributed by atoms with E-state index in [0.717, 1.165) is 5.56 Å². The molecule has 152 valence electrons. The number of rotatable bonds is 7. The molecule has 0 aliphatic carbocycles. The lowest BCUT2D eigenvalue weighted by Gasteiger charge is -2.36. The molecule has 2 N–H and O–H groups in total. The maximum atomic E-state index is 14.5. The molecule has 1 aliphatic heterocycles. The summed E-state index contributed by atoms with van der Waals surface area (Å²) in [6.45, 7) is 4.56. The van der Waals surface area contributed by atoms with E-state index >= 15 is 0 Å². The summed E-state index contributed by atoms with van der Waals surface area (Å²) in [5, 5.41) is 11.5. The summed E-state index contributed by atoms with van der Waals surface area (Å²) >= 11 is 0. The first kappa shape index (κ1) is 21.5. The number of hydrogen-bond acceptors (Lipinski definition) is 5. The van der Waals surface area contributed by atoms with Crippen molar-refractivity contribution in [2.75, 3.05) is 26.4 Å². The van der Waals surface area contributed by atoms with E-state index in [2.05, 4.69) is 5.32 Å². The predicted octanol–water partition coefficient (Wildman–Crippen LogP) is 2.76. The summed E-state index contributed by atoms with van der Waals surface area (Å²) in [6.07, 6.45) is -0.959. The smallest absolute Gasteiger partial charge is 0.408 e. The van der Waals surface area contributed by atoms with Crippen molar-refractivity contribution in [2.24, 2.45) is 0 Å². The van der Waals surface area contributed by atoms with Crippen molar-refractivity contribution in [1.82, 2.24) is 10.2 Å². The normalized spacial score (nSPS) is 21.3. The minimum Gasteiger partial charge on any atom is -0.445 e. The van der Waals surface area contributed by atoms with Crippen LogP contribution in [0.25, 0.3) is 0 Å². The number of hydrogen-bond donors (Lipinski definition) is 2. The first-order valence-corrected chi connectivity index (χ1v) is 8.91. The molecule has 0 aromatic heterocycles. The zero-order chi connectivity index (χ0) is 20.1. The van der Waals surface area contributed by atoms with E-state index in [0.29, 0.717) is 6.54 Å². The Bertz CT molecular complexity index is 622. The average Bonchev–Trinajstić information content (AvgIpc) is 3.03. The van der Waals surface area contributed by atoms with Crippen LogP contribution in [0.15, 0.2) is 30.3 Å². The molecule has 0 radical (unpaired) electrons. The predicted molar refractivity (Wildman–Crippen MR) is 96.4 cm³/mol. The van der Waals surface area contributed by atoms with Gasteiger partial charge >= 0.3 is 6.09 Å². The Kier molecular flexibility index (Phi) is 6.77. The number of alkyl carbamates (subject to hydrolysis) is 1. The Balaban J connectivity index is 2.01. The van der Waals surface area contributed by atoms with Gasteiger partial charge in [0.25, 0.3) is 5.92 Å². The Morgan fingerprint density at radius 3 is 2.56 bits per heavy atom. The Labute approximate surface area is 158 Å². The molecule has 1 aromatic carbocycles. The number of aliphatic hydroxyl groups is 1. The molecule has 1 fully saturated rings. The summed E-state index contributed by atoms with van der Waals surface area (Å²) in [6, 6.07) is 8.95. The number of carbonyl (C=O) groups is 1. The number of carbonyl (C=O) groups excluding carboxylic acids is 1. The molecule has 0 spiro atoms. The van der Waals surface area contributed by atoms with Gasteiger partial charge in [-0.2, -0.15) is 0 Å². The minimum atomic E-state index is -3.49. The number of nitrogens with zero attached hydrogens (tertiary/aromatic N) is 1. The van der Waals surface area contributed by atoms with Gasteiger partial charge in [0.15, 0.2) is 0 Å². The maximum absolute atomic E-state index is 14.5. The molecule has 1 aliphatic rings. The molecule has 1 heterocycles. The van der Waals surface area contributed by atoms with Crippen molar-refractivity contribution in [3.8, 4) is 0 Å². The number of aliphatic hydroxyl groups excluding tert-OH is 1. The Morgan fingerprint density at radius 1 is 1.30 bits per heavy atom. The molecule has 27 heavy (non-hydrogen) atoms. The number of ether oxygens (including phenoxy) is 2. The quantitative estimate of drug-likeness (QED) is 0.754. The van der Waals surface area contributed by atoms with Gasteiger partial charge < -0.3 is 19.9 Å². The zero-order valence-electron chi connectivity index (χ0n) is 16.0. The van der Waals surface area contributed by atoms with Crippen LogP contribution in [0, 0.1) is 0 Å². The van der Waals surface area contributed by atoms with Gasteiger partial charge in [0, 0.05) is 13.1 Å². The highest BCUT2D eigenvalue weighted by atomic mass is 19.3. The number of benzene rings is 1. The molecule has 0 saturated carbocycles. The summed E-state index contributed by atoms with van der Waals surface area (Å²) in [4.78, 5) is 13.9. The van der Waals surface area contributed by atoms with Crippen LogP contribution in [-0.2, 0) is 16.1 Å². The fraction of sp³-hybridized carbons (Fsp3) is 0.632. The van der Waals surface area contributed by atoms with Crippen LogP contribution in [0.4, 0.5) is 13.6 Å². The van der Waals surface area contributed by atoms with Gasteiger partial charge in [0.05, 0.1) is 12.3 Å². The van der Waals surface area contributed by atoms with Crippen molar-refractivity contribution in [3.05, 3.63) is 35.9 Å². The molecule has 1 atom stereocenters. The first-order chi connectivity index (χ1) is 12.6. The second kappa shape index (κ2) is 8.50. The van der Waals surface area contributed by atoms with Crippen molar-refractivity contribution in [1.29, 1.82) is 0 Å². The third-order valence-electron chi connectivity index (χ3n) is 4.48. The minimum absolute atomic E-state index is 0.0193. The van der Waals surface area contributed by atoms with E-state index < -0.39 is 29.8 Å². The SMILES string of the molecule is CC(C)(C)OCN1CCC(NC(=O)OCc2ccccc2)(C(F)(F)CO)C1. The summed E-state index contributed by atoms with van der Waals surface area (Å²) in [5.74, 6) is -3.49. The van der Waals surface area contributed by atoms with Crippen molar-refractivity contribution in [3.63, 3.8) is 0 Å². The standard InChI is InChI=1S/C19H28F2N2O4/c1-17(2,3)27-14-23-10-9-18(12-23,19(20,21)13-24)22-16(25)26-11-15-7-5-4-6-8-15/h4-8,24H,9-14H2,1-3H3,(H,22,25). The van der Waals surface area contributed by atoms with E-state index in [4.69, 9.17) is 9.47 Å². The van der Waals surface area contributed by atoms with Crippen molar-refractivity contribution in [2.45, 2.75) is 50.9 Å². The first-order valence-electron chi connectivity index (χ1n) is 8.91. The number of nitrogens with one attached hydrogen (secondary N) is 1. The van der Waals surface area contributed by atoms with Gasteiger partial charge in [-0.3, -0.25) is 4.90 Å². The number of alkyl halides is 2. The summed E-state index contributed by atoms with van der Waals surface area (Å²) in [7, 11) is 0. The van der Waals surface area contributed by atoms with Gasteiger partial charge in [-0.15, -0.1) is 0 Å². The third kappa shape index (κ3) is 5.85. The maximum Gasteiger partial charge on any atom is 0.408 e. The number of amides is 1. The van der Waals surface area contributed by atoms with Gasteiger partial charge in [-0.1, -0.05) is 30.3 Å². The zero-order valence-corrected chi connectivity index (χ0v) is 16.0. The van der Waals surface area contributed by atoms with Crippen molar-refractivity contribution >= 4 is 6.09 Å². The summed E-state index contributed by atoms with van der Waals surface area (Å²) < 4.78 is 39.7. The highest BCUT2D eigenvalue weighted by Crippen LogP contribution is 2.36. The lowest BCUT2D eigenvalue weighted by Crippen LogP contribution is -2.63. The second-order valence-electron chi connectivity index (χ2n) is 7.82. The van der Waals surface area contributed by atoms with Crippen LogP contribution >= 0.6 is 0 Å². The number of likely N-dealkylation sites (tertiary alicyclic amines) is 1. The van der Waals surface area contributed by atoms with Gasteiger partial charge in [-0.25, -0.2) is 13.6 Å². The van der Waals surface area contributed by atoms with E-state index in [1.807, 2.05) is 26.8 Å². The molecular weight excluding hydrogens is 358 g/mol. The summed E-state index contributed by atoms with van der Waals surface area (Å²) in [5.41, 5.74) is -1.56. The molecular formula is C19H28F2N2O4. The molecule has 0 bridgehead atoms. The van der Waals surface area contributed by atoms with Crippen LogP contribution in [0.3, 0.4) is 0 Å². The highest BCUT2D eigenvalue weighted by molar-refractivity contribution is 5.68. The van der Waals surface area contributed by atoms with Gasteiger partial charge in [-0.05, 0) is 32.8 Å². The largest absolute Gasteiger partial charge is 0.445 e. The van der Waals surface area contributed by atoms with Gasteiger partial charge in [0.1, 0.15) is 18.8 Å². The lowest BCUT2D eigenvalue weighted by molar-refractivity contribution is -0.123. The van der Waals surface area contributed by atoms with Crippen LogP contribution in [0.2, 0.25) is 0 Å². The van der Waals surface area contributed by atoms with E-state index in [1.54, 1.807) is 29.2 Å². The fourth-order valence-corrected chi connectivity index (χ4v) is 2.88. The average molecular weight is 386 g/mol. The Morgan fingerprint density at radius 2 is 1.96 bits per heavy atom. The lowest BCUT2D eigenvalue weighted by atomic mass is 9.90. The molecule has 1 unspecified atom stereocenters. The molecule has 6 nitrogen and oxygen atoms in total. The van der Waals surface area contributed by atoms with Crippen molar-refractivity contribution < 1.29 is 28.2 Å². The molecule has 1 saturated heterocycles. The van der Waals surface area contributed by atoms with Gasteiger partial charge in [0.2, 0.25) is 0 Å². The van der Waals surface area contributed by atoms with Crippen LogP contribution < -0.4 is 5.32 Å². The topological polar surface area (TPSA) is 71.0 Å². The third-order valence-corrected chi connectivity index (χ3v) is 4.48. The van der Waals surface area contributed by atoms with E-state index in [9.17, 15) is 18.7 Å². The Hall–Kier alpha value is -1.77. The van der Waals surface area contributed by atoms with E-state index in [1.165, 1.54) is 0 Å². The monoisotopic (exact) mass is 386 g/mol. The molecule has 8 heteroatoms. The van der Waals surface area contributed by atoms with Crippen LogP contribution in [0.5, 0.6) is 0 Å². The molecule has 1 aromatic rings.